The van der Waals surface area contributed by atoms with Gasteiger partial charge in [-0.05, 0) is 12.8 Å². The van der Waals surface area contributed by atoms with Crippen molar-refractivity contribution in [1.29, 1.82) is 0 Å². The molecule has 0 aliphatic heterocycles. The van der Waals surface area contributed by atoms with Gasteiger partial charge in [0.1, 0.15) is 0 Å². The van der Waals surface area contributed by atoms with E-state index < -0.39 is 5.69 Å². The SMILES string of the molecule is CCC(=O)NCCOCCOCCCc1c[nH]c(=O)[nH]c1=O. The minimum atomic E-state index is -0.503. The van der Waals surface area contributed by atoms with E-state index in [0.717, 1.165) is 0 Å². The summed E-state index contributed by atoms with van der Waals surface area (Å²) in [6.45, 7) is 4.19. The molecule has 1 aromatic rings. The van der Waals surface area contributed by atoms with E-state index in [1.54, 1.807) is 6.92 Å². The fraction of sp³-hybridized carbons (Fsp3) is 0.643. The molecule has 8 nitrogen and oxygen atoms in total. The zero-order valence-corrected chi connectivity index (χ0v) is 12.8. The summed E-state index contributed by atoms with van der Waals surface area (Å²) < 4.78 is 10.7. The van der Waals surface area contributed by atoms with Crippen molar-refractivity contribution in [3.8, 4) is 0 Å². The predicted octanol–water partition coefficient (Wildman–Crippen LogP) is -0.445. The van der Waals surface area contributed by atoms with Crippen LogP contribution in [0.5, 0.6) is 0 Å². The van der Waals surface area contributed by atoms with Crippen molar-refractivity contribution in [3.05, 3.63) is 32.6 Å². The largest absolute Gasteiger partial charge is 0.379 e. The van der Waals surface area contributed by atoms with Crippen molar-refractivity contribution < 1.29 is 14.3 Å². The predicted molar refractivity (Wildman–Crippen MR) is 80.9 cm³/mol. The summed E-state index contributed by atoms with van der Waals surface area (Å²) >= 11 is 0. The molecule has 0 radical (unpaired) electrons. The standard InChI is InChI=1S/C14H23N3O5/c1-2-12(18)15-5-7-22-9-8-21-6-3-4-11-10-16-14(20)17-13(11)19/h10H,2-9H2,1H3,(H,15,18)(H2,16,17,19,20). The Morgan fingerprint density at radius 2 is 1.91 bits per heavy atom. The first-order valence-corrected chi connectivity index (χ1v) is 7.36. The molecule has 22 heavy (non-hydrogen) atoms. The lowest BCUT2D eigenvalue weighted by Gasteiger charge is -2.06. The van der Waals surface area contributed by atoms with E-state index >= 15 is 0 Å². The van der Waals surface area contributed by atoms with E-state index in [9.17, 15) is 14.4 Å². The summed E-state index contributed by atoms with van der Waals surface area (Å²) in [6, 6.07) is 0. The molecule has 0 saturated heterocycles. The van der Waals surface area contributed by atoms with Crippen LogP contribution in [0, 0.1) is 0 Å². The fourth-order valence-corrected chi connectivity index (χ4v) is 1.70. The van der Waals surface area contributed by atoms with E-state index in [0.29, 0.717) is 57.8 Å². The van der Waals surface area contributed by atoms with Crippen LogP contribution in [0.4, 0.5) is 0 Å². The van der Waals surface area contributed by atoms with Crippen LogP contribution >= 0.6 is 0 Å². The monoisotopic (exact) mass is 313 g/mol. The second-order valence-corrected chi connectivity index (χ2v) is 4.63. The molecular formula is C14H23N3O5. The fourth-order valence-electron chi connectivity index (χ4n) is 1.70. The third-order valence-electron chi connectivity index (χ3n) is 2.89. The highest BCUT2D eigenvalue weighted by Gasteiger charge is 2.00. The van der Waals surface area contributed by atoms with Crippen molar-refractivity contribution in [1.82, 2.24) is 15.3 Å². The first-order valence-electron chi connectivity index (χ1n) is 7.36. The molecule has 8 heteroatoms. The Hall–Kier alpha value is -1.93. The van der Waals surface area contributed by atoms with Crippen molar-refractivity contribution in [2.75, 3.05) is 33.0 Å². The van der Waals surface area contributed by atoms with Crippen molar-refractivity contribution in [3.63, 3.8) is 0 Å². The molecule has 0 aliphatic carbocycles. The van der Waals surface area contributed by atoms with Crippen LogP contribution in [0.3, 0.4) is 0 Å². The number of aryl methyl sites for hydroxylation is 1. The van der Waals surface area contributed by atoms with Crippen molar-refractivity contribution in [2.45, 2.75) is 26.2 Å². The highest BCUT2D eigenvalue weighted by atomic mass is 16.5. The minimum absolute atomic E-state index is 0.0112. The lowest BCUT2D eigenvalue weighted by Crippen LogP contribution is -2.26. The van der Waals surface area contributed by atoms with Gasteiger partial charge in [-0.1, -0.05) is 6.92 Å². The number of carbonyl (C=O) groups excluding carboxylic acids is 1. The average molecular weight is 313 g/mol. The Bertz CT molecular complexity index is 552. The summed E-state index contributed by atoms with van der Waals surface area (Å²) in [7, 11) is 0. The maximum absolute atomic E-state index is 11.4. The molecule has 1 heterocycles. The van der Waals surface area contributed by atoms with Crippen LogP contribution in [0.1, 0.15) is 25.3 Å². The molecule has 1 aromatic heterocycles. The molecule has 1 rings (SSSR count). The lowest BCUT2D eigenvalue weighted by molar-refractivity contribution is -0.121. The summed E-state index contributed by atoms with van der Waals surface area (Å²) in [5.41, 5.74) is -0.329. The van der Waals surface area contributed by atoms with E-state index in [2.05, 4.69) is 15.3 Å². The molecule has 124 valence electrons. The topological polar surface area (TPSA) is 113 Å². The molecule has 3 N–H and O–H groups in total. The molecule has 1 amide bonds. The highest BCUT2D eigenvalue weighted by molar-refractivity contribution is 5.75. The van der Waals surface area contributed by atoms with Gasteiger partial charge < -0.3 is 19.8 Å². The second-order valence-electron chi connectivity index (χ2n) is 4.63. The minimum Gasteiger partial charge on any atom is -0.379 e. The van der Waals surface area contributed by atoms with Crippen molar-refractivity contribution in [2.24, 2.45) is 0 Å². The molecule has 0 atom stereocenters. The number of aromatic amines is 2. The highest BCUT2D eigenvalue weighted by Crippen LogP contribution is 1.93. The van der Waals surface area contributed by atoms with Crippen LogP contribution in [0.15, 0.2) is 15.8 Å². The quantitative estimate of drug-likeness (QED) is 0.479. The number of H-pyrrole nitrogens is 2. The van der Waals surface area contributed by atoms with E-state index in [-0.39, 0.29) is 11.5 Å². The van der Waals surface area contributed by atoms with Crippen LogP contribution in [-0.2, 0) is 20.7 Å². The number of rotatable bonds is 11. The first-order chi connectivity index (χ1) is 10.6. The molecule has 0 saturated carbocycles. The molecule has 0 fully saturated rings. The molecule has 0 aliphatic rings. The lowest BCUT2D eigenvalue weighted by atomic mass is 10.2. The second kappa shape index (κ2) is 10.7. The molecule has 0 unspecified atom stereocenters. The number of hydrogen-bond donors (Lipinski definition) is 3. The number of hydrogen-bond acceptors (Lipinski definition) is 5. The Balaban J connectivity index is 1.96. The van der Waals surface area contributed by atoms with Crippen LogP contribution in [0.25, 0.3) is 0 Å². The van der Waals surface area contributed by atoms with Gasteiger partial charge in [-0.2, -0.15) is 0 Å². The van der Waals surface area contributed by atoms with Gasteiger partial charge in [0.05, 0.1) is 19.8 Å². The van der Waals surface area contributed by atoms with Gasteiger partial charge in [0.25, 0.3) is 5.56 Å². The third kappa shape index (κ3) is 7.75. The maximum Gasteiger partial charge on any atom is 0.325 e. The van der Waals surface area contributed by atoms with Crippen LogP contribution < -0.4 is 16.6 Å². The number of aromatic nitrogens is 2. The normalized spacial score (nSPS) is 10.6. The Morgan fingerprint density at radius 3 is 2.59 bits per heavy atom. The third-order valence-corrected chi connectivity index (χ3v) is 2.89. The van der Waals surface area contributed by atoms with Crippen LogP contribution in [-0.4, -0.2) is 48.8 Å². The first kappa shape index (κ1) is 18.1. The summed E-state index contributed by atoms with van der Waals surface area (Å²) in [6.07, 6.45) is 3.12. The molecule has 0 spiro atoms. The maximum atomic E-state index is 11.4. The van der Waals surface area contributed by atoms with Gasteiger partial charge in [0.2, 0.25) is 5.91 Å². The van der Waals surface area contributed by atoms with E-state index in [4.69, 9.17) is 9.47 Å². The number of amides is 1. The van der Waals surface area contributed by atoms with Gasteiger partial charge >= 0.3 is 5.69 Å². The summed E-state index contributed by atoms with van der Waals surface area (Å²) in [4.78, 5) is 37.8. The van der Waals surface area contributed by atoms with Gasteiger partial charge in [-0.25, -0.2) is 4.79 Å². The zero-order chi connectivity index (χ0) is 16.2. The molecule has 0 aromatic carbocycles. The van der Waals surface area contributed by atoms with Crippen LogP contribution in [0.2, 0.25) is 0 Å². The Morgan fingerprint density at radius 1 is 1.18 bits per heavy atom. The van der Waals surface area contributed by atoms with Gasteiger partial charge in [0, 0.05) is 31.3 Å². The zero-order valence-electron chi connectivity index (χ0n) is 12.8. The Kier molecular flexibility index (Phi) is 8.85. The average Bonchev–Trinajstić information content (AvgIpc) is 2.50. The van der Waals surface area contributed by atoms with Gasteiger partial charge in [0.15, 0.2) is 0 Å². The number of ether oxygens (including phenoxy) is 2. The number of carbonyl (C=O) groups is 1. The van der Waals surface area contributed by atoms with Gasteiger partial charge in [-0.3, -0.25) is 14.6 Å². The summed E-state index contributed by atoms with van der Waals surface area (Å²) in [5.74, 6) is 0.0112. The molecule has 0 bridgehead atoms. The summed E-state index contributed by atoms with van der Waals surface area (Å²) in [5, 5.41) is 2.71. The van der Waals surface area contributed by atoms with Gasteiger partial charge in [-0.15, -0.1) is 0 Å². The smallest absolute Gasteiger partial charge is 0.325 e. The van der Waals surface area contributed by atoms with Crippen molar-refractivity contribution >= 4 is 5.91 Å². The Labute approximate surface area is 128 Å². The van der Waals surface area contributed by atoms with E-state index in [1.165, 1.54) is 6.20 Å². The number of nitrogens with one attached hydrogen (secondary N) is 3. The molecular weight excluding hydrogens is 290 g/mol. The van der Waals surface area contributed by atoms with E-state index in [1.807, 2.05) is 0 Å².